The standard InChI is InChI=1S/C22H22N2O5S/c1-12-6-7-13(2)16(8-12)23-22-24-21(26)19(30-22)11-15-9-17(27-4)20(29-14(3)25)18(10-15)28-5/h6-11H,1-5H3,(H,23,24,26). The van der Waals surface area contributed by atoms with Crippen molar-refractivity contribution in [2.45, 2.75) is 20.8 Å². The van der Waals surface area contributed by atoms with Gasteiger partial charge in [0.1, 0.15) is 0 Å². The Balaban J connectivity index is 1.93. The fourth-order valence-corrected chi connectivity index (χ4v) is 3.64. The van der Waals surface area contributed by atoms with Crippen LogP contribution in [0.25, 0.3) is 6.08 Å². The summed E-state index contributed by atoms with van der Waals surface area (Å²) in [6.07, 6.45) is 1.70. The number of nitrogens with one attached hydrogen (secondary N) is 1. The summed E-state index contributed by atoms with van der Waals surface area (Å²) in [6, 6.07) is 9.32. The normalized spacial score (nSPS) is 16.0. The molecule has 156 valence electrons. The number of thioether (sulfide) groups is 1. The molecule has 0 unspecified atom stereocenters. The van der Waals surface area contributed by atoms with Crippen LogP contribution in [0.15, 0.2) is 40.2 Å². The van der Waals surface area contributed by atoms with Crippen LogP contribution in [0.4, 0.5) is 5.69 Å². The van der Waals surface area contributed by atoms with E-state index < -0.39 is 5.97 Å². The highest BCUT2D eigenvalue weighted by atomic mass is 32.2. The van der Waals surface area contributed by atoms with Gasteiger partial charge in [-0.1, -0.05) is 12.1 Å². The number of methoxy groups -OCH3 is 2. The van der Waals surface area contributed by atoms with Crippen LogP contribution in [0, 0.1) is 13.8 Å². The minimum Gasteiger partial charge on any atom is -0.493 e. The molecule has 0 aromatic heterocycles. The van der Waals surface area contributed by atoms with E-state index in [4.69, 9.17) is 14.2 Å². The van der Waals surface area contributed by atoms with E-state index in [1.54, 1.807) is 18.2 Å². The zero-order valence-electron chi connectivity index (χ0n) is 17.4. The number of hydrogen-bond donors (Lipinski definition) is 1. The van der Waals surface area contributed by atoms with Gasteiger partial charge in [0.25, 0.3) is 5.91 Å². The molecular formula is C22H22N2O5S. The molecule has 8 heteroatoms. The Bertz CT molecular complexity index is 1050. The molecule has 0 aliphatic carbocycles. The Morgan fingerprint density at radius 3 is 2.37 bits per heavy atom. The van der Waals surface area contributed by atoms with Crippen LogP contribution in [-0.4, -0.2) is 31.3 Å². The second-order valence-corrected chi connectivity index (χ2v) is 7.65. The summed E-state index contributed by atoms with van der Waals surface area (Å²) in [5.74, 6) is 0.102. The van der Waals surface area contributed by atoms with Crippen molar-refractivity contribution in [2.24, 2.45) is 4.99 Å². The van der Waals surface area contributed by atoms with E-state index in [1.807, 2.05) is 32.0 Å². The molecule has 7 nitrogen and oxygen atoms in total. The quantitative estimate of drug-likeness (QED) is 0.439. The Hall–Kier alpha value is -3.26. The third-order valence-electron chi connectivity index (χ3n) is 4.26. The van der Waals surface area contributed by atoms with E-state index in [1.165, 1.54) is 32.9 Å². The minimum absolute atomic E-state index is 0.190. The van der Waals surface area contributed by atoms with E-state index in [9.17, 15) is 9.59 Å². The molecule has 30 heavy (non-hydrogen) atoms. The zero-order chi connectivity index (χ0) is 21.8. The van der Waals surface area contributed by atoms with Crippen molar-refractivity contribution in [3.63, 3.8) is 0 Å². The SMILES string of the molecule is COc1cc(C=C2SC(=Nc3cc(C)ccc3C)NC2=O)cc(OC)c1OC(C)=O. The van der Waals surface area contributed by atoms with E-state index in [-0.39, 0.29) is 11.7 Å². The lowest BCUT2D eigenvalue weighted by molar-refractivity contribution is -0.132. The lowest BCUT2D eigenvalue weighted by Gasteiger charge is -2.13. The highest BCUT2D eigenvalue weighted by Crippen LogP contribution is 2.40. The number of ether oxygens (including phenoxy) is 3. The maximum absolute atomic E-state index is 12.4. The van der Waals surface area contributed by atoms with Crippen molar-refractivity contribution in [1.82, 2.24) is 5.32 Å². The van der Waals surface area contributed by atoms with Crippen molar-refractivity contribution >= 4 is 40.6 Å². The largest absolute Gasteiger partial charge is 0.493 e. The zero-order valence-corrected chi connectivity index (χ0v) is 18.2. The van der Waals surface area contributed by atoms with Crippen LogP contribution in [0.1, 0.15) is 23.6 Å². The van der Waals surface area contributed by atoms with Crippen molar-refractivity contribution < 1.29 is 23.8 Å². The first kappa shape index (κ1) is 21.4. The molecule has 3 rings (SSSR count). The van der Waals surface area contributed by atoms with Crippen LogP contribution in [-0.2, 0) is 9.59 Å². The molecule has 1 N–H and O–H groups in total. The Labute approximate surface area is 179 Å². The van der Waals surface area contributed by atoms with Gasteiger partial charge in [-0.15, -0.1) is 0 Å². The van der Waals surface area contributed by atoms with Crippen LogP contribution < -0.4 is 19.5 Å². The molecule has 0 radical (unpaired) electrons. The predicted molar refractivity (Wildman–Crippen MR) is 118 cm³/mol. The maximum atomic E-state index is 12.4. The second-order valence-electron chi connectivity index (χ2n) is 6.62. The van der Waals surface area contributed by atoms with Gasteiger partial charge in [0, 0.05) is 6.92 Å². The van der Waals surface area contributed by atoms with Gasteiger partial charge in [0.05, 0.1) is 24.8 Å². The summed E-state index contributed by atoms with van der Waals surface area (Å²) in [7, 11) is 2.93. The highest BCUT2D eigenvalue weighted by Gasteiger charge is 2.25. The Kier molecular flexibility index (Phi) is 6.47. The number of amidine groups is 1. The number of nitrogens with zero attached hydrogens (tertiary/aromatic N) is 1. The molecule has 0 atom stereocenters. The molecule has 1 aliphatic heterocycles. The summed E-state index contributed by atoms with van der Waals surface area (Å²) in [5, 5.41) is 3.30. The van der Waals surface area contributed by atoms with Crippen molar-refractivity contribution in [1.29, 1.82) is 0 Å². The van der Waals surface area contributed by atoms with Gasteiger partial charge < -0.3 is 19.5 Å². The molecule has 1 saturated heterocycles. The molecule has 0 bridgehead atoms. The van der Waals surface area contributed by atoms with E-state index in [0.717, 1.165) is 16.8 Å². The lowest BCUT2D eigenvalue weighted by Crippen LogP contribution is -2.19. The van der Waals surface area contributed by atoms with Crippen LogP contribution >= 0.6 is 11.8 Å². The fraction of sp³-hybridized carbons (Fsp3) is 0.227. The molecule has 1 amide bonds. The first-order valence-electron chi connectivity index (χ1n) is 9.12. The molecule has 0 saturated carbocycles. The molecular weight excluding hydrogens is 404 g/mol. The molecule has 2 aromatic carbocycles. The van der Waals surface area contributed by atoms with Gasteiger partial charge in [-0.2, -0.15) is 0 Å². The number of hydrogen-bond acceptors (Lipinski definition) is 7. The number of rotatable bonds is 5. The van der Waals surface area contributed by atoms with Crippen molar-refractivity contribution in [3.05, 3.63) is 51.9 Å². The molecule has 1 heterocycles. The summed E-state index contributed by atoms with van der Waals surface area (Å²) in [4.78, 5) is 28.9. The molecule has 2 aromatic rings. The topological polar surface area (TPSA) is 86.2 Å². The number of aryl methyl sites for hydroxylation is 2. The maximum Gasteiger partial charge on any atom is 0.308 e. The third-order valence-corrected chi connectivity index (χ3v) is 5.17. The lowest BCUT2D eigenvalue weighted by atomic mass is 10.1. The summed E-state index contributed by atoms with van der Waals surface area (Å²) in [6.45, 7) is 5.26. The first-order valence-corrected chi connectivity index (χ1v) is 9.93. The van der Waals surface area contributed by atoms with Gasteiger partial charge in [-0.25, -0.2) is 4.99 Å². The molecule has 1 aliphatic rings. The first-order chi connectivity index (χ1) is 14.3. The van der Waals surface area contributed by atoms with Gasteiger partial charge in [0.15, 0.2) is 16.7 Å². The summed E-state index contributed by atoms with van der Waals surface area (Å²) >= 11 is 1.25. The van der Waals surface area contributed by atoms with E-state index in [0.29, 0.717) is 27.1 Å². The average molecular weight is 426 g/mol. The number of esters is 1. The monoisotopic (exact) mass is 426 g/mol. The van der Waals surface area contributed by atoms with Crippen LogP contribution in [0.5, 0.6) is 17.2 Å². The number of aliphatic imine (C=N–C) groups is 1. The Morgan fingerprint density at radius 2 is 1.77 bits per heavy atom. The smallest absolute Gasteiger partial charge is 0.308 e. The molecule has 1 fully saturated rings. The van der Waals surface area contributed by atoms with Crippen LogP contribution in [0.2, 0.25) is 0 Å². The van der Waals surface area contributed by atoms with E-state index >= 15 is 0 Å². The minimum atomic E-state index is -0.490. The van der Waals surface area contributed by atoms with Crippen LogP contribution in [0.3, 0.4) is 0 Å². The number of amides is 1. The molecule has 0 spiro atoms. The van der Waals surface area contributed by atoms with Gasteiger partial charge in [0.2, 0.25) is 5.75 Å². The Morgan fingerprint density at radius 1 is 1.10 bits per heavy atom. The van der Waals surface area contributed by atoms with Gasteiger partial charge in [-0.05, 0) is 66.6 Å². The number of carbonyl (C=O) groups is 2. The average Bonchev–Trinajstić information content (AvgIpc) is 3.03. The van der Waals surface area contributed by atoms with Gasteiger partial charge in [-0.3, -0.25) is 9.59 Å². The number of benzene rings is 2. The summed E-state index contributed by atoms with van der Waals surface area (Å²) < 4.78 is 15.9. The number of carbonyl (C=O) groups excluding carboxylic acids is 2. The fourth-order valence-electron chi connectivity index (χ4n) is 2.81. The van der Waals surface area contributed by atoms with Crippen molar-refractivity contribution in [3.8, 4) is 17.2 Å². The van der Waals surface area contributed by atoms with Crippen molar-refractivity contribution in [2.75, 3.05) is 14.2 Å². The highest BCUT2D eigenvalue weighted by molar-refractivity contribution is 8.18. The second kappa shape index (κ2) is 9.04. The third kappa shape index (κ3) is 4.83. The van der Waals surface area contributed by atoms with Gasteiger partial charge >= 0.3 is 5.97 Å². The van der Waals surface area contributed by atoms with E-state index in [2.05, 4.69) is 10.3 Å². The predicted octanol–water partition coefficient (Wildman–Crippen LogP) is 4.14. The summed E-state index contributed by atoms with van der Waals surface area (Å²) in [5.41, 5.74) is 3.59.